The number of alkyl halides is 2. The maximum absolute atomic E-state index is 14.2. The summed E-state index contributed by atoms with van der Waals surface area (Å²) in [5.74, 6) is -3.01. The molecule has 6 aromatic rings. The molecule has 0 spiro atoms. The highest BCUT2D eigenvalue weighted by molar-refractivity contribution is 6.03. The van der Waals surface area contributed by atoms with Gasteiger partial charge in [0.1, 0.15) is 11.3 Å². The van der Waals surface area contributed by atoms with Crippen molar-refractivity contribution >= 4 is 28.5 Å². The van der Waals surface area contributed by atoms with Gasteiger partial charge in [0.2, 0.25) is 5.95 Å². The summed E-state index contributed by atoms with van der Waals surface area (Å²) in [5, 5.41) is 6.20. The zero-order valence-corrected chi connectivity index (χ0v) is 22.4. The number of halogens is 2. The number of fused-ring (bicyclic) bond motifs is 2. The molecule has 0 atom stereocenters. The van der Waals surface area contributed by atoms with E-state index in [1.807, 2.05) is 53.1 Å². The van der Waals surface area contributed by atoms with E-state index >= 15 is 0 Å². The zero-order chi connectivity index (χ0) is 28.4. The molecule has 0 saturated carbocycles. The smallest absolute Gasteiger partial charge is 0.278 e. The van der Waals surface area contributed by atoms with Crippen LogP contribution in [-0.2, 0) is 19.0 Å². The van der Waals surface area contributed by atoms with Crippen LogP contribution in [0.15, 0.2) is 97.3 Å². The molecule has 0 saturated heterocycles. The molecule has 41 heavy (non-hydrogen) atoms. The number of imidazole rings is 2. The average molecular weight is 551 g/mol. The van der Waals surface area contributed by atoms with Crippen LogP contribution in [0, 0.1) is 0 Å². The Morgan fingerprint density at radius 2 is 1.68 bits per heavy atom. The lowest BCUT2D eigenvalue weighted by Gasteiger charge is -2.15. The van der Waals surface area contributed by atoms with Crippen molar-refractivity contribution < 1.29 is 13.6 Å². The Bertz CT molecular complexity index is 1840. The number of carbonyl (C=O) groups is 1. The van der Waals surface area contributed by atoms with Gasteiger partial charge in [-0.2, -0.15) is 0 Å². The molecule has 3 N–H and O–H groups in total. The van der Waals surface area contributed by atoms with E-state index in [0.717, 1.165) is 17.7 Å². The monoisotopic (exact) mass is 550 g/mol. The third kappa shape index (κ3) is 5.71. The van der Waals surface area contributed by atoms with Gasteiger partial charge in [0.15, 0.2) is 0 Å². The van der Waals surface area contributed by atoms with Crippen molar-refractivity contribution in [3.8, 4) is 11.1 Å². The normalized spacial score (nSPS) is 11.8. The van der Waals surface area contributed by atoms with Crippen LogP contribution < -0.4 is 10.6 Å². The van der Waals surface area contributed by atoms with Crippen LogP contribution in [0.5, 0.6) is 0 Å². The SMILES string of the molecule is CCC(F)(F)c1cccc(-c2ccc3nc(NC(=O)c4cn5cc(CNCc6ccccc6)ccc5n4)[nH]c3c2)c1. The molecule has 3 heterocycles. The van der Waals surface area contributed by atoms with Crippen molar-refractivity contribution in [2.24, 2.45) is 0 Å². The van der Waals surface area contributed by atoms with Crippen LogP contribution >= 0.6 is 0 Å². The second-order valence-corrected chi connectivity index (χ2v) is 9.93. The fourth-order valence-electron chi connectivity index (χ4n) is 4.75. The van der Waals surface area contributed by atoms with E-state index in [1.54, 1.807) is 24.4 Å². The summed E-state index contributed by atoms with van der Waals surface area (Å²) >= 11 is 0. The highest BCUT2D eigenvalue weighted by Crippen LogP contribution is 2.34. The van der Waals surface area contributed by atoms with Gasteiger partial charge in [-0.3, -0.25) is 10.1 Å². The molecular formula is C32H28F2N6O. The third-order valence-electron chi connectivity index (χ3n) is 7.02. The molecule has 7 nitrogen and oxygen atoms in total. The molecule has 0 aliphatic rings. The summed E-state index contributed by atoms with van der Waals surface area (Å²) < 4.78 is 30.3. The minimum absolute atomic E-state index is 0.0156. The topological polar surface area (TPSA) is 87.1 Å². The van der Waals surface area contributed by atoms with Gasteiger partial charge in [-0.25, -0.2) is 18.7 Å². The van der Waals surface area contributed by atoms with Gasteiger partial charge in [-0.05, 0) is 46.5 Å². The number of benzene rings is 3. The summed E-state index contributed by atoms with van der Waals surface area (Å²) in [5.41, 5.74) is 5.94. The number of nitrogens with one attached hydrogen (secondary N) is 3. The number of H-pyrrole nitrogens is 1. The summed E-state index contributed by atoms with van der Waals surface area (Å²) in [7, 11) is 0. The maximum atomic E-state index is 14.2. The molecule has 1 amide bonds. The summed E-state index contributed by atoms with van der Waals surface area (Å²) in [4.78, 5) is 25.0. The highest BCUT2D eigenvalue weighted by atomic mass is 19.3. The number of hydrogen-bond donors (Lipinski definition) is 3. The summed E-state index contributed by atoms with van der Waals surface area (Å²) in [6.07, 6.45) is 3.37. The van der Waals surface area contributed by atoms with Crippen molar-refractivity contribution in [2.75, 3.05) is 5.32 Å². The van der Waals surface area contributed by atoms with Crippen LogP contribution in [0.4, 0.5) is 14.7 Å². The van der Waals surface area contributed by atoms with E-state index in [2.05, 4.69) is 37.7 Å². The highest BCUT2D eigenvalue weighted by Gasteiger charge is 2.29. The first-order chi connectivity index (χ1) is 19.9. The van der Waals surface area contributed by atoms with Crippen molar-refractivity contribution in [1.29, 1.82) is 0 Å². The van der Waals surface area contributed by atoms with Gasteiger partial charge in [0.05, 0.1) is 11.0 Å². The van der Waals surface area contributed by atoms with Gasteiger partial charge in [0, 0.05) is 37.5 Å². The summed E-state index contributed by atoms with van der Waals surface area (Å²) in [6.45, 7) is 2.90. The third-order valence-corrected chi connectivity index (χ3v) is 7.02. The van der Waals surface area contributed by atoms with Crippen LogP contribution in [0.3, 0.4) is 0 Å². The van der Waals surface area contributed by atoms with Crippen molar-refractivity contribution in [2.45, 2.75) is 32.4 Å². The number of aromatic nitrogens is 4. The number of pyridine rings is 1. The molecule has 6 rings (SSSR count). The van der Waals surface area contributed by atoms with E-state index in [4.69, 9.17) is 0 Å². The number of carbonyl (C=O) groups excluding carboxylic acids is 1. The van der Waals surface area contributed by atoms with E-state index in [9.17, 15) is 13.6 Å². The minimum atomic E-state index is -2.88. The second-order valence-electron chi connectivity index (χ2n) is 9.93. The molecule has 0 fully saturated rings. The Morgan fingerprint density at radius 1 is 0.878 bits per heavy atom. The molecule has 0 bridgehead atoms. The van der Waals surface area contributed by atoms with Crippen LogP contribution in [0.1, 0.15) is 40.5 Å². The fourth-order valence-corrected chi connectivity index (χ4v) is 4.75. The number of hydrogen-bond acceptors (Lipinski definition) is 4. The second kappa shape index (κ2) is 10.9. The number of rotatable bonds is 9. The lowest BCUT2D eigenvalue weighted by Crippen LogP contribution is -2.13. The lowest BCUT2D eigenvalue weighted by atomic mass is 9.99. The molecule has 0 unspecified atom stereocenters. The van der Waals surface area contributed by atoms with Gasteiger partial charge < -0.3 is 14.7 Å². The van der Waals surface area contributed by atoms with E-state index in [-0.39, 0.29) is 23.6 Å². The first-order valence-corrected chi connectivity index (χ1v) is 13.4. The molecule has 0 radical (unpaired) electrons. The molecule has 206 valence electrons. The number of amides is 1. The van der Waals surface area contributed by atoms with Crippen molar-refractivity contribution in [1.82, 2.24) is 24.7 Å². The standard InChI is InChI=1S/C32H28F2N6O/c1-2-32(33,34)25-10-6-9-23(15-25)24-12-13-26-27(16-24)38-31(37-26)39-30(41)28-20-40-19-22(11-14-29(40)36-28)18-35-17-21-7-4-3-5-8-21/h3-16,19-20,35H,2,17-18H2,1H3,(H2,37,38,39,41). The van der Waals surface area contributed by atoms with Gasteiger partial charge >= 0.3 is 0 Å². The van der Waals surface area contributed by atoms with Gasteiger partial charge in [-0.1, -0.05) is 67.6 Å². The Morgan fingerprint density at radius 3 is 2.51 bits per heavy atom. The molecule has 3 aromatic carbocycles. The average Bonchev–Trinajstić information content (AvgIpc) is 3.61. The Balaban J connectivity index is 1.15. The molecule has 3 aromatic heterocycles. The van der Waals surface area contributed by atoms with Gasteiger partial charge in [-0.15, -0.1) is 0 Å². The van der Waals surface area contributed by atoms with Crippen molar-refractivity contribution in [3.05, 3.63) is 120 Å². The lowest BCUT2D eigenvalue weighted by molar-refractivity contribution is -0.00824. The number of aromatic amines is 1. The molecule has 0 aliphatic heterocycles. The predicted octanol–water partition coefficient (Wildman–Crippen LogP) is 6.92. The Kier molecular flexibility index (Phi) is 7.03. The predicted molar refractivity (Wildman–Crippen MR) is 156 cm³/mol. The molecular weight excluding hydrogens is 522 g/mol. The van der Waals surface area contributed by atoms with E-state index in [1.165, 1.54) is 24.6 Å². The van der Waals surface area contributed by atoms with Crippen LogP contribution in [0.2, 0.25) is 0 Å². The van der Waals surface area contributed by atoms with Gasteiger partial charge in [0.25, 0.3) is 11.8 Å². The largest absolute Gasteiger partial charge is 0.324 e. The zero-order valence-electron chi connectivity index (χ0n) is 22.4. The quantitative estimate of drug-likeness (QED) is 0.182. The maximum Gasteiger partial charge on any atom is 0.278 e. The summed E-state index contributed by atoms with van der Waals surface area (Å²) in [6, 6.07) is 25.9. The first-order valence-electron chi connectivity index (χ1n) is 13.4. The minimum Gasteiger partial charge on any atom is -0.324 e. The van der Waals surface area contributed by atoms with Crippen LogP contribution in [-0.4, -0.2) is 25.3 Å². The number of nitrogens with zero attached hydrogens (tertiary/aromatic N) is 3. The fraction of sp³-hybridized carbons (Fsp3) is 0.156. The van der Waals surface area contributed by atoms with Crippen molar-refractivity contribution in [3.63, 3.8) is 0 Å². The van der Waals surface area contributed by atoms with E-state index in [0.29, 0.717) is 28.8 Å². The van der Waals surface area contributed by atoms with E-state index < -0.39 is 11.8 Å². The Labute approximate surface area is 235 Å². The Hall–Kier alpha value is -4.89. The molecule has 9 heteroatoms. The number of anilines is 1. The molecule has 0 aliphatic carbocycles. The van der Waals surface area contributed by atoms with Crippen LogP contribution in [0.25, 0.3) is 27.8 Å². The first kappa shape index (κ1) is 26.3.